The summed E-state index contributed by atoms with van der Waals surface area (Å²) in [6, 6.07) is 10.7. The smallest absolute Gasteiger partial charge is 0.354 e. The van der Waals surface area contributed by atoms with E-state index in [1.165, 1.54) is 31.2 Å². The minimum absolute atomic E-state index is 0.0679. The van der Waals surface area contributed by atoms with E-state index in [1.807, 2.05) is 0 Å². The molecule has 1 aromatic carbocycles. The van der Waals surface area contributed by atoms with Crippen molar-refractivity contribution >= 4 is 11.8 Å². The standard InChI is InChI=1S/C19H23N3O2/c1-13-17(19(23)24)21-12-22-18(13)20-11-14-6-5-9-16(10-14)15-7-3-2-4-8-15/h2-4,7-8,12,14,16H,5-6,9-11H2,1H3,(H,23,24)(H,20,21,22)/t14-,16+/m0/s1. The maximum atomic E-state index is 11.2. The van der Waals surface area contributed by atoms with Gasteiger partial charge in [0, 0.05) is 12.1 Å². The first-order chi connectivity index (χ1) is 11.6. The van der Waals surface area contributed by atoms with Crippen molar-refractivity contribution in [2.75, 3.05) is 11.9 Å². The highest BCUT2D eigenvalue weighted by atomic mass is 16.4. The van der Waals surface area contributed by atoms with Crippen LogP contribution in [0.15, 0.2) is 36.7 Å². The lowest BCUT2D eigenvalue weighted by molar-refractivity contribution is 0.0689. The molecule has 2 aromatic rings. The van der Waals surface area contributed by atoms with Crippen LogP contribution >= 0.6 is 0 Å². The lowest BCUT2D eigenvalue weighted by Gasteiger charge is -2.30. The Hall–Kier alpha value is -2.43. The molecular weight excluding hydrogens is 302 g/mol. The summed E-state index contributed by atoms with van der Waals surface area (Å²) in [7, 11) is 0. The normalized spacial score (nSPS) is 20.5. The highest BCUT2D eigenvalue weighted by Crippen LogP contribution is 2.36. The van der Waals surface area contributed by atoms with E-state index in [1.54, 1.807) is 6.92 Å². The molecule has 2 atom stereocenters. The Balaban J connectivity index is 1.63. The summed E-state index contributed by atoms with van der Waals surface area (Å²) in [6.45, 7) is 2.57. The first-order valence-corrected chi connectivity index (χ1v) is 8.49. The number of rotatable bonds is 5. The predicted molar refractivity (Wildman–Crippen MR) is 93.4 cm³/mol. The van der Waals surface area contributed by atoms with Crippen molar-refractivity contribution in [3.05, 3.63) is 53.5 Å². The van der Waals surface area contributed by atoms with E-state index >= 15 is 0 Å². The number of aromatic carboxylic acids is 1. The zero-order valence-corrected chi connectivity index (χ0v) is 13.9. The van der Waals surface area contributed by atoms with Crippen LogP contribution in [0.3, 0.4) is 0 Å². The number of nitrogens with zero attached hydrogens (tertiary/aromatic N) is 2. The van der Waals surface area contributed by atoms with Crippen LogP contribution in [0.2, 0.25) is 0 Å². The second-order valence-corrected chi connectivity index (χ2v) is 6.52. The van der Waals surface area contributed by atoms with Crippen LogP contribution < -0.4 is 5.32 Å². The van der Waals surface area contributed by atoms with Gasteiger partial charge < -0.3 is 10.4 Å². The van der Waals surface area contributed by atoms with Crippen LogP contribution in [-0.2, 0) is 0 Å². The van der Waals surface area contributed by atoms with Gasteiger partial charge in [0.1, 0.15) is 12.1 Å². The van der Waals surface area contributed by atoms with Gasteiger partial charge in [-0.1, -0.05) is 36.8 Å². The molecule has 1 saturated carbocycles. The van der Waals surface area contributed by atoms with Crippen LogP contribution in [0.25, 0.3) is 0 Å². The first-order valence-electron chi connectivity index (χ1n) is 8.49. The second kappa shape index (κ2) is 7.43. The highest BCUT2D eigenvalue weighted by molar-refractivity contribution is 5.88. The Kier molecular flexibility index (Phi) is 5.08. The third kappa shape index (κ3) is 3.72. The fourth-order valence-electron chi connectivity index (χ4n) is 3.59. The number of carbonyl (C=O) groups is 1. The molecule has 0 unspecified atom stereocenters. The van der Waals surface area contributed by atoms with Gasteiger partial charge in [-0.15, -0.1) is 0 Å². The number of carboxylic acid groups (broad SMARTS) is 1. The molecule has 1 heterocycles. The fourth-order valence-corrected chi connectivity index (χ4v) is 3.59. The molecule has 0 saturated heterocycles. The van der Waals surface area contributed by atoms with E-state index in [2.05, 4.69) is 45.6 Å². The van der Waals surface area contributed by atoms with Crippen LogP contribution in [-0.4, -0.2) is 27.6 Å². The molecule has 1 aliphatic carbocycles. The summed E-state index contributed by atoms with van der Waals surface area (Å²) in [6.07, 6.45) is 6.15. The Morgan fingerprint density at radius 3 is 2.79 bits per heavy atom. The van der Waals surface area contributed by atoms with Crippen molar-refractivity contribution in [3.8, 4) is 0 Å². The number of anilines is 1. The summed E-state index contributed by atoms with van der Waals surface area (Å²) in [5.74, 6) is 0.809. The van der Waals surface area contributed by atoms with Crippen molar-refractivity contribution < 1.29 is 9.90 Å². The molecular formula is C19H23N3O2. The van der Waals surface area contributed by atoms with Crippen LogP contribution in [0.5, 0.6) is 0 Å². The van der Waals surface area contributed by atoms with Gasteiger partial charge in [0.15, 0.2) is 5.69 Å². The Morgan fingerprint density at radius 2 is 2.04 bits per heavy atom. The summed E-state index contributed by atoms with van der Waals surface area (Å²) in [5.41, 5.74) is 2.09. The molecule has 0 spiro atoms. The Bertz CT molecular complexity index is 703. The van der Waals surface area contributed by atoms with Crippen molar-refractivity contribution in [2.45, 2.75) is 38.5 Å². The van der Waals surface area contributed by atoms with E-state index in [4.69, 9.17) is 5.11 Å². The molecule has 5 heteroatoms. The van der Waals surface area contributed by atoms with Crippen molar-refractivity contribution in [3.63, 3.8) is 0 Å². The van der Waals surface area contributed by atoms with E-state index in [0.29, 0.717) is 23.2 Å². The maximum absolute atomic E-state index is 11.2. The minimum Gasteiger partial charge on any atom is -0.476 e. The molecule has 1 aliphatic rings. The van der Waals surface area contributed by atoms with Crippen LogP contribution in [0.4, 0.5) is 5.82 Å². The second-order valence-electron chi connectivity index (χ2n) is 6.52. The van der Waals surface area contributed by atoms with Crippen LogP contribution in [0.1, 0.15) is 53.2 Å². The molecule has 2 N–H and O–H groups in total. The van der Waals surface area contributed by atoms with Gasteiger partial charge in [0.25, 0.3) is 0 Å². The van der Waals surface area contributed by atoms with Gasteiger partial charge in [-0.3, -0.25) is 0 Å². The Morgan fingerprint density at radius 1 is 1.25 bits per heavy atom. The Labute approximate surface area is 142 Å². The molecule has 3 rings (SSSR count). The largest absolute Gasteiger partial charge is 0.476 e. The SMILES string of the molecule is Cc1c(NC[C@H]2CCC[C@@H](c3ccccc3)C2)ncnc1C(=O)O. The lowest BCUT2D eigenvalue weighted by atomic mass is 9.78. The molecule has 5 nitrogen and oxygen atoms in total. The molecule has 1 aromatic heterocycles. The summed E-state index contributed by atoms with van der Waals surface area (Å²) < 4.78 is 0. The lowest BCUT2D eigenvalue weighted by Crippen LogP contribution is -2.22. The third-order valence-corrected chi connectivity index (χ3v) is 4.90. The zero-order chi connectivity index (χ0) is 16.9. The molecule has 0 aliphatic heterocycles. The monoisotopic (exact) mass is 325 g/mol. The average molecular weight is 325 g/mol. The zero-order valence-electron chi connectivity index (χ0n) is 13.9. The predicted octanol–water partition coefficient (Wildman–Crippen LogP) is 3.87. The number of benzene rings is 1. The van der Waals surface area contributed by atoms with E-state index in [-0.39, 0.29) is 5.69 Å². The third-order valence-electron chi connectivity index (χ3n) is 4.90. The van der Waals surface area contributed by atoms with E-state index < -0.39 is 5.97 Å². The van der Waals surface area contributed by atoms with Crippen molar-refractivity contribution in [1.29, 1.82) is 0 Å². The highest BCUT2D eigenvalue weighted by Gasteiger charge is 2.23. The average Bonchev–Trinajstić information content (AvgIpc) is 2.61. The number of aromatic nitrogens is 2. The number of nitrogens with one attached hydrogen (secondary N) is 1. The summed E-state index contributed by atoms with van der Waals surface area (Å²) in [4.78, 5) is 19.2. The molecule has 0 radical (unpaired) electrons. The molecule has 1 fully saturated rings. The van der Waals surface area contributed by atoms with Gasteiger partial charge in [-0.2, -0.15) is 0 Å². The minimum atomic E-state index is -1.01. The summed E-state index contributed by atoms with van der Waals surface area (Å²) >= 11 is 0. The van der Waals surface area contributed by atoms with Crippen molar-refractivity contribution in [2.24, 2.45) is 5.92 Å². The van der Waals surface area contributed by atoms with E-state index in [9.17, 15) is 4.79 Å². The molecule has 24 heavy (non-hydrogen) atoms. The number of carboxylic acids is 1. The maximum Gasteiger partial charge on any atom is 0.354 e. The molecule has 0 bridgehead atoms. The van der Waals surface area contributed by atoms with Gasteiger partial charge in [0.05, 0.1) is 0 Å². The molecule has 126 valence electrons. The fraction of sp³-hybridized carbons (Fsp3) is 0.421. The topological polar surface area (TPSA) is 75.1 Å². The van der Waals surface area contributed by atoms with E-state index in [0.717, 1.165) is 13.0 Å². The quantitative estimate of drug-likeness (QED) is 0.873. The number of hydrogen-bond acceptors (Lipinski definition) is 4. The van der Waals surface area contributed by atoms with Gasteiger partial charge in [-0.25, -0.2) is 14.8 Å². The van der Waals surface area contributed by atoms with Crippen LogP contribution in [0, 0.1) is 12.8 Å². The molecule has 0 amide bonds. The number of hydrogen-bond donors (Lipinski definition) is 2. The van der Waals surface area contributed by atoms with Gasteiger partial charge in [-0.05, 0) is 43.6 Å². The first kappa shape index (κ1) is 16.4. The van der Waals surface area contributed by atoms with Crippen molar-refractivity contribution in [1.82, 2.24) is 9.97 Å². The van der Waals surface area contributed by atoms with Gasteiger partial charge in [0.2, 0.25) is 0 Å². The summed E-state index contributed by atoms with van der Waals surface area (Å²) in [5, 5.41) is 12.5. The van der Waals surface area contributed by atoms with Gasteiger partial charge >= 0.3 is 5.97 Å².